The van der Waals surface area contributed by atoms with Crippen molar-refractivity contribution < 1.29 is 14.3 Å². The van der Waals surface area contributed by atoms with Crippen LogP contribution in [0.5, 0.6) is 11.5 Å². The van der Waals surface area contributed by atoms with Gasteiger partial charge in [-0.1, -0.05) is 18.2 Å². The predicted octanol–water partition coefficient (Wildman–Crippen LogP) is 2.53. The molecule has 1 heterocycles. The van der Waals surface area contributed by atoms with Crippen molar-refractivity contribution in [1.29, 1.82) is 0 Å². The van der Waals surface area contributed by atoms with Crippen LogP contribution in [0.4, 0.5) is 0 Å². The number of Topliss-reactive ketones (excluding diaryl/α,β-unsaturated/α-hetero) is 1. The molecule has 0 radical (unpaired) electrons. The molecule has 0 amide bonds. The molecular formula is C14H12O3. The van der Waals surface area contributed by atoms with E-state index < -0.39 is 0 Å². The van der Waals surface area contributed by atoms with E-state index in [-0.39, 0.29) is 11.9 Å². The third-order valence-electron chi connectivity index (χ3n) is 3.07. The molecule has 0 fully saturated rings. The van der Waals surface area contributed by atoms with Crippen LogP contribution in [0.25, 0.3) is 0 Å². The summed E-state index contributed by atoms with van der Waals surface area (Å²) in [5.74, 6) is 1.36. The molecule has 1 aliphatic carbocycles. The molecule has 0 aromatic heterocycles. The maximum atomic E-state index is 12.3. The van der Waals surface area contributed by atoms with Crippen LogP contribution in [0.1, 0.15) is 16.8 Å². The number of ether oxygens (including phenoxy) is 2. The van der Waals surface area contributed by atoms with Gasteiger partial charge in [0.15, 0.2) is 5.78 Å². The summed E-state index contributed by atoms with van der Waals surface area (Å²) in [5, 5.41) is 0. The van der Waals surface area contributed by atoms with Crippen LogP contribution < -0.4 is 9.47 Å². The highest BCUT2D eigenvalue weighted by Crippen LogP contribution is 2.35. The number of fused-ring (bicyclic) bond motifs is 2. The van der Waals surface area contributed by atoms with Gasteiger partial charge in [-0.05, 0) is 18.2 Å². The number of ketones is 1. The van der Waals surface area contributed by atoms with Gasteiger partial charge in [0, 0.05) is 12.0 Å². The lowest BCUT2D eigenvalue weighted by molar-refractivity contribution is 0.0960. The van der Waals surface area contributed by atoms with Crippen LogP contribution in [0.3, 0.4) is 0 Å². The van der Waals surface area contributed by atoms with E-state index in [1.54, 1.807) is 25.3 Å². The third kappa shape index (κ3) is 1.55. The zero-order chi connectivity index (χ0) is 11.8. The number of rotatable bonds is 1. The Hall–Kier alpha value is -2.03. The zero-order valence-corrected chi connectivity index (χ0v) is 9.47. The fourth-order valence-electron chi connectivity index (χ4n) is 2.17. The minimum Gasteiger partial charge on any atom is -0.497 e. The lowest BCUT2D eigenvalue weighted by Crippen LogP contribution is -2.30. The van der Waals surface area contributed by atoms with Gasteiger partial charge in [-0.3, -0.25) is 4.79 Å². The van der Waals surface area contributed by atoms with Gasteiger partial charge in [0.25, 0.3) is 0 Å². The van der Waals surface area contributed by atoms with Crippen molar-refractivity contribution >= 4 is 5.78 Å². The first kappa shape index (κ1) is 10.1. The molecule has 1 aliphatic heterocycles. The minimum atomic E-state index is -0.131. The Labute approximate surface area is 99.3 Å². The van der Waals surface area contributed by atoms with Crippen LogP contribution >= 0.6 is 0 Å². The van der Waals surface area contributed by atoms with E-state index >= 15 is 0 Å². The van der Waals surface area contributed by atoms with Crippen LogP contribution in [-0.4, -0.2) is 19.0 Å². The van der Waals surface area contributed by atoms with E-state index in [1.165, 1.54) is 0 Å². The first-order valence-electron chi connectivity index (χ1n) is 5.55. The molecule has 0 saturated heterocycles. The van der Waals surface area contributed by atoms with Gasteiger partial charge in [0.1, 0.15) is 17.6 Å². The van der Waals surface area contributed by atoms with E-state index in [2.05, 4.69) is 0 Å². The van der Waals surface area contributed by atoms with E-state index in [1.807, 2.05) is 18.2 Å². The van der Waals surface area contributed by atoms with Gasteiger partial charge in [-0.2, -0.15) is 0 Å². The SMILES string of the molecule is COc1ccc2c(c1)C(=O)C1=CC=CCC1O2. The maximum Gasteiger partial charge on any atom is 0.196 e. The van der Waals surface area contributed by atoms with Gasteiger partial charge in [-0.25, -0.2) is 0 Å². The van der Waals surface area contributed by atoms with Gasteiger partial charge in [0.05, 0.1) is 12.7 Å². The molecule has 0 N–H and O–H groups in total. The summed E-state index contributed by atoms with van der Waals surface area (Å²) < 4.78 is 10.9. The number of carbonyl (C=O) groups excluding carboxylic acids is 1. The monoisotopic (exact) mass is 228 g/mol. The Morgan fingerprint density at radius 3 is 3.12 bits per heavy atom. The molecule has 3 heteroatoms. The number of allylic oxidation sites excluding steroid dienone is 2. The molecule has 0 spiro atoms. The third-order valence-corrected chi connectivity index (χ3v) is 3.07. The number of methoxy groups -OCH3 is 1. The molecule has 1 atom stereocenters. The molecule has 3 nitrogen and oxygen atoms in total. The van der Waals surface area contributed by atoms with Gasteiger partial charge in [0.2, 0.25) is 0 Å². The summed E-state index contributed by atoms with van der Waals surface area (Å²) in [4.78, 5) is 12.3. The van der Waals surface area contributed by atoms with Crippen LogP contribution in [0.15, 0.2) is 42.0 Å². The minimum absolute atomic E-state index is 0.0412. The lowest BCUT2D eigenvalue weighted by atomic mass is 9.90. The number of benzene rings is 1. The Morgan fingerprint density at radius 2 is 2.29 bits per heavy atom. The van der Waals surface area contributed by atoms with Crippen molar-refractivity contribution in [2.24, 2.45) is 0 Å². The molecule has 17 heavy (non-hydrogen) atoms. The summed E-state index contributed by atoms with van der Waals surface area (Å²) in [6.45, 7) is 0. The lowest BCUT2D eigenvalue weighted by Gasteiger charge is -2.28. The Balaban J connectivity index is 2.10. The summed E-state index contributed by atoms with van der Waals surface area (Å²) >= 11 is 0. The summed E-state index contributed by atoms with van der Waals surface area (Å²) in [6.07, 6.45) is 6.37. The highest BCUT2D eigenvalue weighted by atomic mass is 16.5. The topological polar surface area (TPSA) is 35.5 Å². The molecule has 86 valence electrons. The summed E-state index contributed by atoms with van der Waals surface area (Å²) in [5.41, 5.74) is 1.32. The second-order valence-corrected chi connectivity index (χ2v) is 4.08. The highest BCUT2D eigenvalue weighted by Gasteiger charge is 2.32. The highest BCUT2D eigenvalue weighted by molar-refractivity contribution is 6.12. The first-order chi connectivity index (χ1) is 8.29. The second kappa shape index (κ2) is 3.77. The molecule has 0 saturated carbocycles. The predicted molar refractivity (Wildman–Crippen MR) is 63.6 cm³/mol. The van der Waals surface area contributed by atoms with E-state index in [0.29, 0.717) is 17.1 Å². The molecule has 0 bridgehead atoms. The number of hydrogen-bond donors (Lipinski definition) is 0. The zero-order valence-electron chi connectivity index (χ0n) is 9.47. The first-order valence-corrected chi connectivity index (χ1v) is 5.55. The van der Waals surface area contributed by atoms with Gasteiger partial charge < -0.3 is 9.47 Å². The molecule has 2 aliphatic rings. The molecular weight excluding hydrogens is 216 g/mol. The van der Waals surface area contributed by atoms with Crippen LogP contribution in [0, 0.1) is 0 Å². The average molecular weight is 228 g/mol. The largest absolute Gasteiger partial charge is 0.497 e. The smallest absolute Gasteiger partial charge is 0.196 e. The van der Waals surface area contributed by atoms with Crippen molar-refractivity contribution in [1.82, 2.24) is 0 Å². The van der Waals surface area contributed by atoms with Crippen molar-refractivity contribution in [2.75, 3.05) is 7.11 Å². The van der Waals surface area contributed by atoms with Crippen molar-refractivity contribution in [2.45, 2.75) is 12.5 Å². The van der Waals surface area contributed by atoms with Crippen LogP contribution in [-0.2, 0) is 0 Å². The second-order valence-electron chi connectivity index (χ2n) is 4.08. The number of carbonyl (C=O) groups is 1. The standard InChI is InChI=1S/C14H12O3/c1-16-9-6-7-13-11(8-9)14(15)10-4-2-3-5-12(10)17-13/h2-4,6-8,12H,5H2,1H3. The van der Waals surface area contributed by atoms with Gasteiger partial charge in [-0.15, -0.1) is 0 Å². The van der Waals surface area contributed by atoms with E-state index in [9.17, 15) is 4.79 Å². The summed E-state index contributed by atoms with van der Waals surface area (Å²) in [6, 6.07) is 5.33. The fraction of sp³-hybridized carbons (Fsp3) is 0.214. The van der Waals surface area contributed by atoms with Gasteiger partial charge >= 0.3 is 0 Å². The fourth-order valence-corrected chi connectivity index (χ4v) is 2.17. The molecule has 3 rings (SSSR count). The number of hydrogen-bond acceptors (Lipinski definition) is 3. The Kier molecular flexibility index (Phi) is 2.25. The molecule has 1 unspecified atom stereocenters. The molecule has 1 aromatic rings. The Bertz CT molecular complexity index is 540. The van der Waals surface area contributed by atoms with Crippen molar-refractivity contribution in [3.63, 3.8) is 0 Å². The van der Waals surface area contributed by atoms with Crippen LogP contribution in [0.2, 0.25) is 0 Å². The maximum absolute atomic E-state index is 12.3. The summed E-state index contributed by atoms with van der Waals surface area (Å²) in [7, 11) is 1.58. The van der Waals surface area contributed by atoms with E-state index in [0.717, 1.165) is 12.0 Å². The Morgan fingerprint density at radius 1 is 1.41 bits per heavy atom. The normalized spacial score (nSPS) is 21.1. The van der Waals surface area contributed by atoms with Crippen molar-refractivity contribution in [3.8, 4) is 11.5 Å². The van der Waals surface area contributed by atoms with E-state index in [4.69, 9.17) is 9.47 Å². The molecule has 1 aromatic carbocycles. The quantitative estimate of drug-likeness (QED) is 0.741. The average Bonchev–Trinajstić information content (AvgIpc) is 2.39. The van der Waals surface area contributed by atoms with Crippen molar-refractivity contribution in [3.05, 3.63) is 47.6 Å².